The summed E-state index contributed by atoms with van der Waals surface area (Å²) in [5.74, 6) is -0.0559. The maximum Gasteiger partial charge on any atom is 0.235 e. The van der Waals surface area contributed by atoms with E-state index in [1.807, 2.05) is 12.1 Å². The van der Waals surface area contributed by atoms with E-state index in [2.05, 4.69) is 21.2 Å². The number of phenols is 1. The molecule has 0 radical (unpaired) electrons. The summed E-state index contributed by atoms with van der Waals surface area (Å²) in [5.41, 5.74) is 7.25. The Morgan fingerprint density at radius 2 is 1.86 bits per heavy atom. The number of hydrogen-bond donors (Lipinski definition) is 3. The third-order valence-corrected chi connectivity index (χ3v) is 4.52. The van der Waals surface area contributed by atoms with Crippen molar-refractivity contribution in [1.82, 2.24) is 0 Å². The molecule has 5 heteroatoms. The molecular formula is C16H15BrN2O2. The first kappa shape index (κ1) is 13.9. The number of benzene rings is 2. The normalized spacial score (nSPS) is 15.5. The van der Waals surface area contributed by atoms with Gasteiger partial charge < -0.3 is 16.2 Å². The Hall–Kier alpha value is -2.01. The van der Waals surface area contributed by atoms with Crippen LogP contribution in [-0.4, -0.2) is 11.0 Å². The van der Waals surface area contributed by atoms with Crippen LogP contribution in [0.4, 0.5) is 11.4 Å². The first-order valence-corrected chi connectivity index (χ1v) is 7.47. The number of nitrogen functional groups attached to an aromatic ring is 1. The minimum atomic E-state index is -0.498. The Labute approximate surface area is 131 Å². The fourth-order valence-corrected chi connectivity index (χ4v) is 2.80. The lowest BCUT2D eigenvalue weighted by atomic mass is 9.94. The molecule has 0 unspecified atom stereocenters. The molecule has 4 nitrogen and oxygen atoms in total. The van der Waals surface area contributed by atoms with E-state index in [0.29, 0.717) is 15.8 Å². The van der Waals surface area contributed by atoms with Gasteiger partial charge in [-0.15, -0.1) is 0 Å². The molecule has 2 aromatic carbocycles. The maximum atomic E-state index is 12.6. The number of nitrogens with one attached hydrogen (secondary N) is 1. The quantitative estimate of drug-likeness (QED) is 0.588. The number of rotatable bonds is 3. The minimum Gasteiger partial charge on any atom is -0.505 e. The number of carbonyl (C=O) groups excluding carboxylic acids is 1. The second-order valence-electron chi connectivity index (χ2n) is 5.29. The highest BCUT2D eigenvalue weighted by molar-refractivity contribution is 9.10. The molecule has 1 aliphatic rings. The molecule has 1 fully saturated rings. The van der Waals surface area contributed by atoms with Gasteiger partial charge in [-0.25, -0.2) is 0 Å². The van der Waals surface area contributed by atoms with E-state index in [0.717, 1.165) is 18.4 Å². The van der Waals surface area contributed by atoms with Gasteiger partial charge in [-0.2, -0.15) is 0 Å². The van der Waals surface area contributed by atoms with E-state index < -0.39 is 5.41 Å². The third kappa shape index (κ3) is 2.49. The highest BCUT2D eigenvalue weighted by atomic mass is 79.9. The zero-order valence-electron chi connectivity index (χ0n) is 11.3. The molecule has 2 aromatic rings. The Balaban J connectivity index is 1.85. The summed E-state index contributed by atoms with van der Waals surface area (Å²) >= 11 is 3.24. The van der Waals surface area contributed by atoms with Gasteiger partial charge in [0.2, 0.25) is 5.91 Å². The summed E-state index contributed by atoms with van der Waals surface area (Å²) in [6.45, 7) is 0. The molecule has 4 N–H and O–H groups in total. The molecule has 108 valence electrons. The number of nitrogens with two attached hydrogens (primary N) is 1. The Morgan fingerprint density at radius 3 is 2.48 bits per heavy atom. The second-order valence-corrected chi connectivity index (χ2v) is 6.15. The Bertz CT molecular complexity index is 694. The van der Waals surface area contributed by atoms with Gasteiger partial charge in [-0.3, -0.25) is 4.79 Å². The smallest absolute Gasteiger partial charge is 0.235 e. The van der Waals surface area contributed by atoms with Crippen LogP contribution in [-0.2, 0) is 10.2 Å². The summed E-state index contributed by atoms with van der Waals surface area (Å²) in [6.07, 6.45) is 1.61. The van der Waals surface area contributed by atoms with Crippen molar-refractivity contribution in [2.45, 2.75) is 18.3 Å². The van der Waals surface area contributed by atoms with E-state index in [4.69, 9.17) is 5.73 Å². The molecule has 1 aliphatic carbocycles. The van der Waals surface area contributed by atoms with Crippen molar-refractivity contribution < 1.29 is 9.90 Å². The van der Waals surface area contributed by atoms with Gasteiger partial charge in [0, 0.05) is 5.69 Å². The predicted octanol–water partition coefficient (Wildman–Crippen LogP) is 3.41. The number of amides is 1. The first-order chi connectivity index (χ1) is 10.0. The van der Waals surface area contributed by atoms with Crippen molar-refractivity contribution >= 4 is 33.2 Å². The van der Waals surface area contributed by atoms with Crippen LogP contribution in [0.25, 0.3) is 0 Å². The maximum absolute atomic E-state index is 12.6. The zero-order chi connectivity index (χ0) is 15.0. The third-order valence-electron chi connectivity index (χ3n) is 3.88. The first-order valence-electron chi connectivity index (χ1n) is 6.68. The van der Waals surface area contributed by atoms with Crippen LogP contribution in [0.2, 0.25) is 0 Å². The fourth-order valence-electron chi connectivity index (χ4n) is 2.43. The van der Waals surface area contributed by atoms with Gasteiger partial charge in [0.1, 0.15) is 0 Å². The van der Waals surface area contributed by atoms with Gasteiger partial charge in [0.15, 0.2) is 5.75 Å². The van der Waals surface area contributed by atoms with Crippen molar-refractivity contribution in [2.75, 3.05) is 11.1 Å². The lowest BCUT2D eigenvalue weighted by Crippen LogP contribution is -2.27. The summed E-state index contributed by atoms with van der Waals surface area (Å²) in [6, 6.07) is 12.6. The van der Waals surface area contributed by atoms with Crippen molar-refractivity contribution in [3.05, 3.63) is 52.5 Å². The molecule has 0 bridgehead atoms. The minimum absolute atomic E-state index is 0.0407. The van der Waals surface area contributed by atoms with E-state index >= 15 is 0 Å². The standard InChI is InChI=1S/C16H15BrN2O2/c17-12-2-1-3-13(14(12)20)19-15(21)16(8-9-16)10-4-6-11(18)7-5-10/h1-7,20H,8-9,18H2,(H,19,21). The van der Waals surface area contributed by atoms with E-state index in [1.165, 1.54) is 0 Å². The van der Waals surface area contributed by atoms with Gasteiger partial charge in [-0.1, -0.05) is 18.2 Å². The molecule has 1 saturated carbocycles. The van der Waals surface area contributed by atoms with Crippen molar-refractivity contribution in [1.29, 1.82) is 0 Å². The summed E-state index contributed by atoms with van der Waals surface area (Å²) in [4.78, 5) is 12.6. The molecular weight excluding hydrogens is 332 g/mol. The van der Waals surface area contributed by atoms with Gasteiger partial charge in [0.25, 0.3) is 0 Å². The van der Waals surface area contributed by atoms with Crippen molar-refractivity contribution in [3.8, 4) is 5.75 Å². The van der Waals surface area contributed by atoms with E-state index in [1.54, 1.807) is 30.3 Å². The largest absolute Gasteiger partial charge is 0.505 e. The summed E-state index contributed by atoms with van der Waals surface area (Å²) < 4.78 is 0.553. The van der Waals surface area contributed by atoms with Crippen LogP contribution >= 0.6 is 15.9 Å². The predicted molar refractivity (Wildman–Crippen MR) is 86.2 cm³/mol. The number of phenolic OH excluding ortho intramolecular Hbond substituents is 1. The average molecular weight is 347 g/mol. The lowest BCUT2D eigenvalue weighted by Gasteiger charge is -2.17. The number of para-hydroxylation sites is 1. The summed E-state index contributed by atoms with van der Waals surface area (Å²) in [5, 5.41) is 12.8. The van der Waals surface area contributed by atoms with Crippen LogP contribution in [0.3, 0.4) is 0 Å². The number of halogens is 1. The van der Waals surface area contributed by atoms with Gasteiger partial charge in [0.05, 0.1) is 15.6 Å². The van der Waals surface area contributed by atoms with Crippen molar-refractivity contribution in [3.63, 3.8) is 0 Å². The molecule has 3 rings (SSSR count). The van der Waals surface area contributed by atoms with Crippen LogP contribution in [0.15, 0.2) is 46.9 Å². The number of anilines is 2. The highest BCUT2D eigenvalue weighted by Crippen LogP contribution is 2.49. The molecule has 0 aromatic heterocycles. The highest BCUT2D eigenvalue weighted by Gasteiger charge is 2.51. The van der Waals surface area contributed by atoms with E-state index in [-0.39, 0.29) is 11.7 Å². The monoisotopic (exact) mass is 346 g/mol. The van der Waals surface area contributed by atoms with Crippen LogP contribution in [0.5, 0.6) is 5.75 Å². The average Bonchev–Trinajstić information content (AvgIpc) is 3.26. The van der Waals surface area contributed by atoms with E-state index in [9.17, 15) is 9.90 Å². The second kappa shape index (κ2) is 5.07. The molecule has 0 atom stereocenters. The Kier molecular flexibility index (Phi) is 3.37. The molecule has 0 heterocycles. The van der Waals surface area contributed by atoms with Crippen LogP contribution in [0.1, 0.15) is 18.4 Å². The Morgan fingerprint density at radius 1 is 1.19 bits per heavy atom. The number of carbonyl (C=O) groups is 1. The number of hydrogen-bond acceptors (Lipinski definition) is 3. The molecule has 21 heavy (non-hydrogen) atoms. The van der Waals surface area contributed by atoms with Crippen molar-refractivity contribution in [2.24, 2.45) is 0 Å². The molecule has 0 aliphatic heterocycles. The SMILES string of the molecule is Nc1ccc(C2(C(=O)Nc3cccc(Br)c3O)CC2)cc1. The van der Waals surface area contributed by atoms with Crippen LogP contribution < -0.4 is 11.1 Å². The lowest BCUT2D eigenvalue weighted by molar-refractivity contribution is -0.118. The van der Waals surface area contributed by atoms with Gasteiger partial charge in [-0.05, 0) is 58.6 Å². The zero-order valence-corrected chi connectivity index (χ0v) is 12.9. The van der Waals surface area contributed by atoms with Crippen LogP contribution in [0, 0.1) is 0 Å². The number of aromatic hydroxyl groups is 1. The molecule has 1 amide bonds. The topological polar surface area (TPSA) is 75.4 Å². The molecule has 0 spiro atoms. The fraction of sp³-hybridized carbons (Fsp3) is 0.188. The molecule has 0 saturated heterocycles. The van der Waals surface area contributed by atoms with Gasteiger partial charge >= 0.3 is 0 Å². The summed E-state index contributed by atoms with van der Waals surface area (Å²) in [7, 11) is 0.